The van der Waals surface area contributed by atoms with Crippen molar-refractivity contribution in [2.45, 2.75) is 13.3 Å². The second-order valence-corrected chi connectivity index (χ2v) is 4.78. The molecule has 0 unspecified atom stereocenters. The number of carboxylic acid groups (broad SMARTS) is 1. The molecule has 0 aliphatic heterocycles. The van der Waals surface area contributed by atoms with E-state index >= 15 is 0 Å². The monoisotopic (exact) mass is 262 g/mol. The molecular weight excluding hydrogens is 248 g/mol. The summed E-state index contributed by atoms with van der Waals surface area (Å²) in [6.07, 6.45) is 0.904. The van der Waals surface area contributed by atoms with Crippen molar-refractivity contribution in [2.75, 3.05) is 11.9 Å². The van der Waals surface area contributed by atoms with Gasteiger partial charge in [0.25, 0.3) is 0 Å². The largest absolute Gasteiger partial charge is 0.478 e. The van der Waals surface area contributed by atoms with Crippen LogP contribution >= 0.6 is 11.3 Å². The van der Waals surface area contributed by atoms with Crippen molar-refractivity contribution in [2.24, 2.45) is 0 Å². The van der Waals surface area contributed by atoms with E-state index < -0.39 is 5.97 Å². The minimum absolute atomic E-state index is 0.264. The maximum absolute atomic E-state index is 10.9. The Morgan fingerprint density at radius 2 is 2.33 bits per heavy atom. The highest BCUT2D eigenvalue weighted by Crippen LogP contribution is 2.11. The van der Waals surface area contributed by atoms with Gasteiger partial charge in [-0.1, -0.05) is 0 Å². The standard InChI is InChI=1S/C13H14N2O2S/c1-9-6-11(13(16)17)7-12(15-9)14-4-2-10-3-5-18-8-10/h3,5-8H,2,4H2,1H3,(H,14,15)(H,16,17). The van der Waals surface area contributed by atoms with E-state index in [-0.39, 0.29) is 5.56 Å². The number of carbonyl (C=O) groups is 1. The molecule has 0 bridgehead atoms. The molecule has 2 N–H and O–H groups in total. The summed E-state index contributed by atoms with van der Waals surface area (Å²) in [6, 6.07) is 5.20. The first-order valence-electron chi connectivity index (χ1n) is 5.62. The third kappa shape index (κ3) is 3.30. The van der Waals surface area contributed by atoms with Crippen molar-refractivity contribution >= 4 is 23.1 Å². The van der Waals surface area contributed by atoms with E-state index in [1.165, 1.54) is 5.56 Å². The number of aromatic carboxylic acids is 1. The zero-order valence-electron chi connectivity index (χ0n) is 10.0. The second kappa shape index (κ2) is 5.64. The fourth-order valence-corrected chi connectivity index (χ4v) is 2.36. The van der Waals surface area contributed by atoms with Gasteiger partial charge < -0.3 is 10.4 Å². The van der Waals surface area contributed by atoms with E-state index in [1.807, 2.05) is 5.38 Å². The highest BCUT2D eigenvalue weighted by molar-refractivity contribution is 7.07. The van der Waals surface area contributed by atoms with Crippen molar-refractivity contribution in [3.8, 4) is 0 Å². The third-order valence-corrected chi connectivity index (χ3v) is 3.23. The molecule has 0 aromatic carbocycles. The van der Waals surface area contributed by atoms with Crippen LogP contribution in [-0.4, -0.2) is 22.6 Å². The quantitative estimate of drug-likeness (QED) is 0.869. The fraction of sp³-hybridized carbons (Fsp3) is 0.231. The normalized spacial score (nSPS) is 10.3. The summed E-state index contributed by atoms with van der Waals surface area (Å²) >= 11 is 1.67. The average molecular weight is 262 g/mol. The lowest BCUT2D eigenvalue weighted by Crippen LogP contribution is -2.08. The zero-order valence-corrected chi connectivity index (χ0v) is 10.8. The Labute approximate surface area is 109 Å². The Balaban J connectivity index is 1.98. The molecule has 5 heteroatoms. The maximum Gasteiger partial charge on any atom is 0.335 e. The van der Waals surface area contributed by atoms with Crippen molar-refractivity contribution < 1.29 is 9.90 Å². The highest BCUT2D eigenvalue weighted by atomic mass is 32.1. The molecule has 2 heterocycles. The molecule has 94 valence electrons. The van der Waals surface area contributed by atoms with Gasteiger partial charge in [-0.25, -0.2) is 9.78 Å². The molecule has 2 aromatic rings. The number of pyridine rings is 1. The fourth-order valence-electron chi connectivity index (χ4n) is 1.65. The lowest BCUT2D eigenvalue weighted by molar-refractivity contribution is 0.0696. The number of aryl methyl sites for hydroxylation is 1. The first-order valence-corrected chi connectivity index (χ1v) is 6.56. The van der Waals surface area contributed by atoms with Gasteiger partial charge in [0.2, 0.25) is 0 Å². The van der Waals surface area contributed by atoms with Gasteiger partial charge in [0, 0.05) is 12.2 Å². The molecule has 18 heavy (non-hydrogen) atoms. The van der Waals surface area contributed by atoms with Crippen LogP contribution in [0.25, 0.3) is 0 Å². The summed E-state index contributed by atoms with van der Waals surface area (Å²) in [4.78, 5) is 15.2. The van der Waals surface area contributed by atoms with Crippen molar-refractivity contribution in [3.05, 3.63) is 45.8 Å². The second-order valence-electron chi connectivity index (χ2n) is 4.00. The van der Waals surface area contributed by atoms with Crippen LogP contribution < -0.4 is 5.32 Å². The maximum atomic E-state index is 10.9. The van der Waals surface area contributed by atoms with Crippen LogP contribution in [0.3, 0.4) is 0 Å². The van der Waals surface area contributed by atoms with Gasteiger partial charge in [0.15, 0.2) is 0 Å². The zero-order chi connectivity index (χ0) is 13.0. The van der Waals surface area contributed by atoms with Crippen molar-refractivity contribution in [3.63, 3.8) is 0 Å². The van der Waals surface area contributed by atoms with E-state index in [4.69, 9.17) is 5.11 Å². The minimum Gasteiger partial charge on any atom is -0.478 e. The topological polar surface area (TPSA) is 62.2 Å². The summed E-state index contributed by atoms with van der Waals surface area (Å²) in [5.41, 5.74) is 2.24. The van der Waals surface area contributed by atoms with Crippen molar-refractivity contribution in [1.29, 1.82) is 0 Å². The molecule has 0 aliphatic rings. The molecule has 0 fully saturated rings. The molecule has 0 aliphatic carbocycles. The number of rotatable bonds is 5. The predicted molar refractivity (Wildman–Crippen MR) is 72.4 cm³/mol. The van der Waals surface area contributed by atoms with Crippen LogP contribution in [0.4, 0.5) is 5.82 Å². The van der Waals surface area contributed by atoms with Gasteiger partial charge >= 0.3 is 5.97 Å². The summed E-state index contributed by atoms with van der Waals surface area (Å²) in [6.45, 7) is 2.53. The molecule has 4 nitrogen and oxygen atoms in total. The molecule has 0 radical (unpaired) electrons. The van der Waals surface area contributed by atoms with E-state index in [0.717, 1.165) is 13.0 Å². The van der Waals surface area contributed by atoms with Gasteiger partial charge in [-0.05, 0) is 47.9 Å². The SMILES string of the molecule is Cc1cc(C(=O)O)cc(NCCc2ccsc2)n1. The highest BCUT2D eigenvalue weighted by Gasteiger charge is 2.06. The van der Waals surface area contributed by atoms with Gasteiger partial charge in [0.1, 0.15) is 5.82 Å². The van der Waals surface area contributed by atoms with Crippen LogP contribution in [-0.2, 0) is 6.42 Å². The van der Waals surface area contributed by atoms with Crippen LogP contribution in [0.1, 0.15) is 21.6 Å². The molecule has 2 aromatic heterocycles. The first-order chi connectivity index (χ1) is 8.65. The predicted octanol–water partition coefficient (Wildman–Crippen LogP) is 2.80. The Morgan fingerprint density at radius 1 is 1.50 bits per heavy atom. The van der Waals surface area contributed by atoms with Crippen molar-refractivity contribution in [1.82, 2.24) is 4.98 Å². The molecule has 0 amide bonds. The Morgan fingerprint density at radius 3 is 3.00 bits per heavy atom. The molecule has 0 saturated heterocycles. The molecule has 0 atom stereocenters. The number of hydrogen-bond donors (Lipinski definition) is 2. The number of anilines is 1. The number of nitrogens with one attached hydrogen (secondary N) is 1. The lowest BCUT2D eigenvalue weighted by atomic mass is 10.2. The van der Waals surface area contributed by atoms with Gasteiger partial charge in [-0.3, -0.25) is 0 Å². The van der Waals surface area contributed by atoms with Crippen LogP contribution in [0.15, 0.2) is 29.0 Å². The summed E-state index contributed by atoms with van der Waals surface area (Å²) in [5, 5.41) is 16.3. The Kier molecular flexibility index (Phi) is 3.94. The molecule has 0 spiro atoms. The average Bonchev–Trinajstić information content (AvgIpc) is 2.81. The number of aromatic nitrogens is 1. The Bertz CT molecular complexity index is 538. The Hall–Kier alpha value is -1.88. The lowest BCUT2D eigenvalue weighted by Gasteiger charge is -2.07. The minimum atomic E-state index is -0.929. The van der Waals surface area contributed by atoms with Gasteiger partial charge in [-0.15, -0.1) is 0 Å². The summed E-state index contributed by atoms with van der Waals surface area (Å²) in [7, 11) is 0. The van der Waals surface area contributed by atoms with Crippen LogP contribution in [0.5, 0.6) is 0 Å². The summed E-state index contributed by atoms with van der Waals surface area (Å²) in [5.74, 6) is -0.316. The van der Waals surface area contributed by atoms with E-state index in [1.54, 1.807) is 30.4 Å². The first kappa shape index (κ1) is 12.6. The van der Waals surface area contributed by atoms with E-state index in [0.29, 0.717) is 11.5 Å². The number of thiophene rings is 1. The van der Waals surface area contributed by atoms with E-state index in [2.05, 4.69) is 21.7 Å². The number of nitrogens with zero attached hydrogens (tertiary/aromatic N) is 1. The number of carboxylic acids is 1. The van der Waals surface area contributed by atoms with Gasteiger partial charge in [0.05, 0.1) is 5.56 Å². The molecular formula is C13H14N2O2S. The van der Waals surface area contributed by atoms with Crippen LogP contribution in [0.2, 0.25) is 0 Å². The number of hydrogen-bond acceptors (Lipinski definition) is 4. The third-order valence-electron chi connectivity index (χ3n) is 2.50. The van der Waals surface area contributed by atoms with E-state index in [9.17, 15) is 4.79 Å². The molecule has 0 saturated carbocycles. The molecule has 2 rings (SSSR count). The summed E-state index contributed by atoms with van der Waals surface area (Å²) < 4.78 is 0. The smallest absolute Gasteiger partial charge is 0.335 e. The van der Waals surface area contributed by atoms with Crippen LogP contribution in [0, 0.1) is 6.92 Å². The van der Waals surface area contributed by atoms with Gasteiger partial charge in [-0.2, -0.15) is 11.3 Å².